The second kappa shape index (κ2) is 10.8. The van der Waals surface area contributed by atoms with Crippen LogP contribution >= 0.6 is 11.8 Å². The molecule has 3 rings (SSSR count). The maximum absolute atomic E-state index is 12.6. The highest BCUT2D eigenvalue weighted by Gasteiger charge is 2.18. The molecule has 162 valence electrons. The van der Waals surface area contributed by atoms with Crippen LogP contribution in [-0.2, 0) is 13.1 Å². The number of imidazole rings is 1. The number of nitro groups is 1. The van der Waals surface area contributed by atoms with Gasteiger partial charge in [0.15, 0.2) is 0 Å². The van der Waals surface area contributed by atoms with Crippen molar-refractivity contribution in [1.82, 2.24) is 14.9 Å². The summed E-state index contributed by atoms with van der Waals surface area (Å²) in [5.74, 6) is 1.01. The summed E-state index contributed by atoms with van der Waals surface area (Å²) in [6, 6.07) is 12.6. The lowest BCUT2D eigenvalue weighted by molar-refractivity contribution is -0.387. The van der Waals surface area contributed by atoms with Crippen molar-refractivity contribution in [3.63, 3.8) is 0 Å². The maximum atomic E-state index is 12.6. The first-order chi connectivity index (χ1) is 14.9. The van der Waals surface area contributed by atoms with Crippen LogP contribution in [-0.4, -0.2) is 26.1 Å². The number of thioether (sulfide) groups is 1. The summed E-state index contributed by atoms with van der Waals surface area (Å²) in [5.41, 5.74) is 2.32. The van der Waals surface area contributed by atoms with Crippen molar-refractivity contribution < 1.29 is 9.72 Å². The van der Waals surface area contributed by atoms with Crippen molar-refractivity contribution in [2.24, 2.45) is 5.92 Å². The van der Waals surface area contributed by atoms with Gasteiger partial charge in [-0.1, -0.05) is 38.1 Å². The van der Waals surface area contributed by atoms with Gasteiger partial charge in [0.2, 0.25) is 0 Å². The van der Waals surface area contributed by atoms with E-state index in [1.165, 1.54) is 17.8 Å². The summed E-state index contributed by atoms with van der Waals surface area (Å²) < 4.78 is 1.97. The van der Waals surface area contributed by atoms with Gasteiger partial charge in [0.25, 0.3) is 11.6 Å². The largest absolute Gasteiger partial charge is 0.348 e. The fraction of sp³-hybridized carbons (Fsp3) is 0.304. The van der Waals surface area contributed by atoms with Gasteiger partial charge < -0.3 is 9.88 Å². The molecule has 0 atom stereocenters. The van der Waals surface area contributed by atoms with Crippen molar-refractivity contribution in [1.29, 1.82) is 0 Å². The smallest absolute Gasteiger partial charge is 0.283 e. The lowest BCUT2D eigenvalue weighted by Crippen LogP contribution is -2.23. The third kappa shape index (κ3) is 6.68. The molecular weight excluding hydrogens is 412 g/mol. The van der Waals surface area contributed by atoms with Crippen LogP contribution in [0.4, 0.5) is 5.69 Å². The quantitative estimate of drug-likeness (QED) is 0.276. The van der Waals surface area contributed by atoms with Crippen LogP contribution in [0.1, 0.15) is 41.8 Å². The van der Waals surface area contributed by atoms with E-state index in [2.05, 4.69) is 24.1 Å². The zero-order chi connectivity index (χ0) is 22.2. The molecule has 0 unspecified atom stereocenters. The molecule has 0 aliphatic carbocycles. The number of nitrogens with zero attached hydrogens (tertiary/aromatic N) is 3. The van der Waals surface area contributed by atoms with Gasteiger partial charge in [0.05, 0.1) is 16.1 Å². The Morgan fingerprint density at radius 1 is 1.23 bits per heavy atom. The Bertz CT molecular complexity index is 1040. The molecule has 2 aromatic carbocycles. The molecule has 0 aliphatic rings. The molecule has 0 saturated carbocycles. The molecule has 31 heavy (non-hydrogen) atoms. The van der Waals surface area contributed by atoms with Gasteiger partial charge in [-0.25, -0.2) is 4.98 Å². The second-order valence-corrected chi connectivity index (χ2v) is 8.84. The molecule has 0 fully saturated rings. The van der Waals surface area contributed by atoms with E-state index in [-0.39, 0.29) is 17.2 Å². The van der Waals surface area contributed by atoms with Gasteiger partial charge in [-0.2, -0.15) is 0 Å². The van der Waals surface area contributed by atoms with E-state index in [0.29, 0.717) is 23.9 Å². The van der Waals surface area contributed by atoms with Crippen LogP contribution < -0.4 is 5.32 Å². The van der Waals surface area contributed by atoms with E-state index < -0.39 is 4.92 Å². The van der Waals surface area contributed by atoms with Gasteiger partial charge in [-0.05, 0) is 41.4 Å². The molecular formula is C23H26N4O3S. The van der Waals surface area contributed by atoms with Crippen LogP contribution in [0.3, 0.4) is 0 Å². The van der Waals surface area contributed by atoms with Gasteiger partial charge in [0.1, 0.15) is 0 Å². The van der Waals surface area contributed by atoms with Crippen molar-refractivity contribution in [3.05, 3.63) is 88.0 Å². The van der Waals surface area contributed by atoms with E-state index in [0.717, 1.165) is 23.3 Å². The monoisotopic (exact) mass is 438 g/mol. The number of carbonyl (C=O) groups excluding carboxylic acids is 1. The lowest BCUT2D eigenvalue weighted by atomic mass is 10.1. The molecule has 0 radical (unpaired) electrons. The Kier molecular flexibility index (Phi) is 7.83. The summed E-state index contributed by atoms with van der Waals surface area (Å²) in [4.78, 5) is 28.3. The second-order valence-electron chi connectivity index (χ2n) is 7.71. The summed E-state index contributed by atoms with van der Waals surface area (Å²) in [6.07, 6.45) is 6.36. The first-order valence-corrected chi connectivity index (χ1v) is 11.1. The minimum atomic E-state index is -0.423. The summed E-state index contributed by atoms with van der Waals surface area (Å²) in [5, 5.41) is 14.4. The fourth-order valence-corrected chi connectivity index (χ4v) is 4.30. The van der Waals surface area contributed by atoms with Crippen LogP contribution in [0.5, 0.6) is 0 Å². The van der Waals surface area contributed by atoms with Crippen molar-refractivity contribution >= 4 is 23.4 Å². The molecule has 0 saturated heterocycles. The predicted molar refractivity (Wildman–Crippen MR) is 122 cm³/mol. The third-order valence-electron chi connectivity index (χ3n) is 4.74. The molecule has 1 amide bonds. The summed E-state index contributed by atoms with van der Waals surface area (Å²) >= 11 is 1.46. The van der Waals surface area contributed by atoms with Gasteiger partial charge >= 0.3 is 0 Å². The Hall–Kier alpha value is -3.13. The van der Waals surface area contributed by atoms with Crippen LogP contribution in [0.25, 0.3) is 0 Å². The highest BCUT2D eigenvalue weighted by molar-refractivity contribution is 7.99. The fourth-order valence-electron chi connectivity index (χ4n) is 3.04. The SMILES string of the molecule is CC(C)CCSc1ccc(C(=O)NCc2cccc(Cn3ccnc3)c2)cc1[N+](=O)[O-]. The van der Waals surface area contributed by atoms with E-state index >= 15 is 0 Å². The number of benzene rings is 2. The molecule has 1 aromatic heterocycles. The van der Waals surface area contributed by atoms with Crippen LogP contribution in [0.2, 0.25) is 0 Å². The average Bonchev–Trinajstić information content (AvgIpc) is 3.25. The van der Waals surface area contributed by atoms with Gasteiger partial charge in [-0.3, -0.25) is 14.9 Å². The van der Waals surface area contributed by atoms with Gasteiger partial charge in [-0.15, -0.1) is 11.8 Å². The molecule has 8 heteroatoms. The van der Waals surface area contributed by atoms with Crippen LogP contribution in [0.15, 0.2) is 66.1 Å². The third-order valence-corrected chi connectivity index (χ3v) is 5.84. The number of nitrogens with one attached hydrogen (secondary N) is 1. The lowest BCUT2D eigenvalue weighted by Gasteiger charge is -2.09. The number of aromatic nitrogens is 2. The zero-order valence-corrected chi connectivity index (χ0v) is 18.5. The predicted octanol–water partition coefficient (Wildman–Crippen LogP) is 4.91. The van der Waals surface area contributed by atoms with Crippen molar-refractivity contribution in [2.75, 3.05) is 5.75 Å². The summed E-state index contributed by atoms with van der Waals surface area (Å²) in [7, 11) is 0. The molecule has 1 heterocycles. The van der Waals surface area contributed by atoms with Crippen molar-refractivity contribution in [3.8, 4) is 0 Å². The maximum Gasteiger partial charge on any atom is 0.283 e. The number of hydrogen-bond acceptors (Lipinski definition) is 5. The highest BCUT2D eigenvalue weighted by Crippen LogP contribution is 2.31. The Morgan fingerprint density at radius 3 is 2.74 bits per heavy atom. The zero-order valence-electron chi connectivity index (χ0n) is 17.7. The van der Waals surface area contributed by atoms with E-state index in [4.69, 9.17) is 0 Å². The first kappa shape index (κ1) is 22.6. The standard InChI is InChI=1S/C23H26N4O3S/c1-17(2)8-11-31-22-7-6-20(13-21(22)27(29)30)23(28)25-14-18-4-3-5-19(12-18)15-26-10-9-24-16-26/h3-7,9-10,12-13,16-17H,8,11,14-15H2,1-2H3,(H,25,28). The molecule has 0 spiro atoms. The van der Waals surface area contributed by atoms with Crippen molar-refractivity contribution in [2.45, 2.75) is 38.3 Å². The molecule has 3 aromatic rings. The normalized spacial score (nSPS) is 10.9. The van der Waals surface area contributed by atoms with Gasteiger partial charge in [0, 0.05) is 37.1 Å². The topological polar surface area (TPSA) is 90.1 Å². The van der Waals surface area contributed by atoms with E-state index in [9.17, 15) is 14.9 Å². The number of nitro benzene ring substituents is 1. The highest BCUT2D eigenvalue weighted by atomic mass is 32.2. The molecule has 0 aliphatic heterocycles. The Labute approximate surface area is 186 Å². The number of hydrogen-bond donors (Lipinski definition) is 1. The molecule has 0 bridgehead atoms. The first-order valence-electron chi connectivity index (χ1n) is 10.2. The number of amides is 1. The summed E-state index contributed by atoms with van der Waals surface area (Å²) in [6.45, 7) is 5.28. The molecule has 7 nitrogen and oxygen atoms in total. The average molecular weight is 439 g/mol. The number of carbonyl (C=O) groups is 1. The number of rotatable bonds is 10. The minimum Gasteiger partial charge on any atom is -0.348 e. The minimum absolute atomic E-state index is 0.0243. The molecule has 1 N–H and O–H groups in total. The van der Waals surface area contributed by atoms with Crippen LogP contribution in [0, 0.1) is 16.0 Å². The Morgan fingerprint density at radius 2 is 2.03 bits per heavy atom. The van der Waals surface area contributed by atoms with E-state index in [1.807, 2.05) is 35.0 Å². The Balaban J connectivity index is 1.63. The van der Waals surface area contributed by atoms with E-state index in [1.54, 1.807) is 24.7 Å².